The van der Waals surface area contributed by atoms with E-state index in [4.69, 9.17) is 4.42 Å². The fourth-order valence-corrected chi connectivity index (χ4v) is 3.74. The number of piperidine rings is 1. The van der Waals surface area contributed by atoms with Gasteiger partial charge in [0.25, 0.3) is 0 Å². The highest BCUT2D eigenvalue weighted by atomic mass is 19.1. The van der Waals surface area contributed by atoms with Crippen molar-refractivity contribution in [2.24, 2.45) is 5.92 Å². The molecule has 5 heteroatoms. The van der Waals surface area contributed by atoms with Crippen LogP contribution in [0, 0.1) is 18.7 Å². The number of nitrogens with zero attached hydrogens (tertiary/aromatic N) is 3. The van der Waals surface area contributed by atoms with Gasteiger partial charge in [-0.3, -0.25) is 4.90 Å². The summed E-state index contributed by atoms with van der Waals surface area (Å²) >= 11 is 0. The Morgan fingerprint density at radius 3 is 2.63 bits per heavy atom. The molecule has 0 unspecified atom stereocenters. The van der Waals surface area contributed by atoms with Crippen molar-refractivity contribution in [3.63, 3.8) is 0 Å². The predicted octanol–water partition coefficient (Wildman–Crippen LogP) is 4.64. The zero-order valence-electron chi connectivity index (χ0n) is 15.6. The Balaban J connectivity index is 1.36. The molecule has 1 aromatic heterocycles. The molecule has 2 heterocycles. The number of hydrogen-bond acceptors (Lipinski definition) is 4. The molecule has 2 aromatic carbocycles. The van der Waals surface area contributed by atoms with Gasteiger partial charge in [-0.15, -0.1) is 10.2 Å². The van der Waals surface area contributed by atoms with E-state index in [0.29, 0.717) is 24.2 Å². The monoisotopic (exact) mass is 365 g/mol. The smallest absolute Gasteiger partial charge is 0.247 e. The molecule has 1 aliphatic rings. The van der Waals surface area contributed by atoms with Crippen LogP contribution in [-0.2, 0) is 13.0 Å². The van der Waals surface area contributed by atoms with Gasteiger partial charge in [-0.2, -0.15) is 0 Å². The standard InChI is InChI=1S/C22H24FN3O/c1-16-4-6-17(7-5-16)13-18-3-2-12-26(14-18)15-21-24-25-22(27-21)19-8-10-20(23)11-9-19/h4-11,18H,2-3,12-15H2,1H3/t18-/m0/s1. The zero-order valence-corrected chi connectivity index (χ0v) is 15.6. The first kappa shape index (κ1) is 17.9. The molecule has 4 rings (SSSR count). The van der Waals surface area contributed by atoms with Crippen LogP contribution in [0.5, 0.6) is 0 Å². The highest BCUT2D eigenvalue weighted by Gasteiger charge is 2.22. The number of halogens is 1. The van der Waals surface area contributed by atoms with Crippen LogP contribution >= 0.6 is 0 Å². The second-order valence-corrected chi connectivity index (χ2v) is 7.44. The summed E-state index contributed by atoms with van der Waals surface area (Å²) in [6, 6.07) is 15.0. The molecule has 0 bridgehead atoms. The van der Waals surface area contributed by atoms with Gasteiger partial charge in [-0.1, -0.05) is 29.8 Å². The molecule has 0 amide bonds. The van der Waals surface area contributed by atoms with Crippen LogP contribution in [0.1, 0.15) is 29.9 Å². The third-order valence-electron chi connectivity index (χ3n) is 5.16. The molecule has 0 N–H and O–H groups in total. The van der Waals surface area contributed by atoms with Gasteiger partial charge in [0.2, 0.25) is 11.8 Å². The summed E-state index contributed by atoms with van der Waals surface area (Å²) in [6.07, 6.45) is 3.56. The van der Waals surface area contributed by atoms with Crippen LogP contribution in [0.15, 0.2) is 52.9 Å². The maximum absolute atomic E-state index is 13.1. The fourth-order valence-electron chi connectivity index (χ4n) is 3.74. The lowest BCUT2D eigenvalue weighted by Crippen LogP contribution is -2.35. The Labute approximate surface area is 159 Å². The first-order chi connectivity index (χ1) is 13.2. The molecule has 3 aromatic rings. The van der Waals surface area contributed by atoms with Gasteiger partial charge in [0, 0.05) is 12.1 Å². The van der Waals surface area contributed by atoms with E-state index in [1.807, 2.05) is 0 Å². The summed E-state index contributed by atoms with van der Waals surface area (Å²) in [6.45, 7) is 4.89. The minimum absolute atomic E-state index is 0.272. The summed E-state index contributed by atoms with van der Waals surface area (Å²) in [5, 5.41) is 8.29. The maximum atomic E-state index is 13.1. The number of rotatable bonds is 5. The van der Waals surface area contributed by atoms with Gasteiger partial charge in [0.1, 0.15) is 5.82 Å². The number of aromatic nitrogens is 2. The summed E-state index contributed by atoms with van der Waals surface area (Å²) in [7, 11) is 0. The topological polar surface area (TPSA) is 42.2 Å². The average molecular weight is 365 g/mol. The molecule has 27 heavy (non-hydrogen) atoms. The van der Waals surface area contributed by atoms with Gasteiger partial charge >= 0.3 is 0 Å². The van der Waals surface area contributed by atoms with Crippen molar-refractivity contribution < 1.29 is 8.81 Å². The summed E-state index contributed by atoms with van der Waals surface area (Å²) < 4.78 is 18.8. The molecule has 4 nitrogen and oxygen atoms in total. The predicted molar refractivity (Wildman–Crippen MR) is 103 cm³/mol. The van der Waals surface area contributed by atoms with Crippen LogP contribution in [-0.4, -0.2) is 28.2 Å². The molecule has 1 atom stereocenters. The first-order valence-electron chi connectivity index (χ1n) is 9.52. The summed E-state index contributed by atoms with van der Waals surface area (Å²) in [4.78, 5) is 2.39. The van der Waals surface area contributed by atoms with Crippen molar-refractivity contribution in [3.8, 4) is 11.5 Å². The number of likely N-dealkylation sites (tertiary alicyclic amines) is 1. The Hall–Kier alpha value is -2.53. The molecular weight excluding hydrogens is 341 g/mol. The second-order valence-electron chi connectivity index (χ2n) is 7.44. The Bertz CT molecular complexity index is 873. The van der Waals surface area contributed by atoms with E-state index in [-0.39, 0.29) is 5.82 Å². The van der Waals surface area contributed by atoms with E-state index in [9.17, 15) is 4.39 Å². The maximum Gasteiger partial charge on any atom is 0.247 e. The summed E-state index contributed by atoms with van der Waals surface area (Å²) in [5.74, 6) is 1.44. The normalized spacial score (nSPS) is 17.9. The molecular formula is C22H24FN3O. The van der Waals surface area contributed by atoms with Crippen LogP contribution in [0.3, 0.4) is 0 Å². The molecule has 140 valence electrons. The van der Waals surface area contributed by atoms with Crippen LogP contribution in [0.2, 0.25) is 0 Å². The molecule has 1 fully saturated rings. The largest absolute Gasteiger partial charge is 0.419 e. The Morgan fingerprint density at radius 2 is 1.85 bits per heavy atom. The van der Waals surface area contributed by atoms with Crippen LogP contribution in [0.4, 0.5) is 4.39 Å². The molecule has 0 saturated carbocycles. The molecule has 1 saturated heterocycles. The molecule has 0 radical (unpaired) electrons. The lowest BCUT2D eigenvalue weighted by molar-refractivity contribution is 0.154. The van der Waals surface area contributed by atoms with Crippen molar-refractivity contribution in [3.05, 3.63) is 71.4 Å². The van der Waals surface area contributed by atoms with E-state index in [1.165, 1.54) is 36.1 Å². The van der Waals surface area contributed by atoms with E-state index >= 15 is 0 Å². The van der Waals surface area contributed by atoms with Crippen molar-refractivity contribution in [1.29, 1.82) is 0 Å². The zero-order chi connectivity index (χ0) is 18.6. The lowest BCUT2D eigenvalue weighted by Gasteiger charge is -2.31. The Kier molecular flexibility index (Phi) is 5.30. The average Bonchev–Trinajstić information content (AvgIpc) is 3.13. The highest BCUT2D eigenvalue weighted by molar-refractivity contribution is 5.51. The van der Waals surface area contributed by atoms with Crippen molar-refractivity contribution >= 4 is 0 Å². The van der Waals surface area contributed by atoms with Gasteiger partial charge < -0.3 is 4.42 Å². The SMILES string of the molecule is Cc1ccc(C[C@@H]2CCCN(Cc3nnc(-c4ccc(F)cc4)o3)C2)cc1. The van der Waals surface area contributed by atoms with E-state index < -0.39 is 0 Å². The van der Waals surface area contributed by atoms with Crippen LogP contribution < -0.4 is 0 Å². The van der Waals surface area contributed by atoms with Gasteiger partial charge in [0.15, 0.2) is 0 Å². The molecule has 0 aliphatic carbocycles. The van der Waals surface area contributed by atoms with E-state index in [2.05, 4.69) is 46.3 Å². The second kappa shape index (κ2) is 8.01. The first-order valence-corrected chi connectivity index (χ1v) is 9.52. The molecule has 1 aliphatic heterocycles. The number of benzene rings is 2. The summed E-state index contributed by atoms with van der Waals surface area (Å²) in [5.41, 5.74) is 3.45. The highest BCUT2D eigenvalue weighted by Crippen LogP contribution is 2.23. The van der Waals surface area contributed by atoms with Gasteiger partial charge in [-0.25, -0.2) is 4.39 Å². The van der Waals surface area contributed by atoms with Gasteiger partial charge in [0.05, 0.1) is 6.54 Å². The number of aryl methyl sites for hydroxylation is 1. The third-order valence-corrected chi connectivity index (χ3v) is 5.16. The van der Waals surface area contributed by atoms with E-state index in [1.54, 1.807) is 12.1 Å². The number of hydrogen-bond donors (Lipinski definition) is 0. The Morgan fingerprint density at radius 1 is 1.07 bits per heavy atom. The minimum atomic E-state index is -0.272. The fraction of sp³-hybridized carbons (Fsp3) is 0.364. The van der Waals surface area contributed by atoms with Crippen LogP contribution in [0.25, 0.3) is 11.5 Å². The quantitative estimate of drug-likeness (QED) is 0.661. The third kappa shape index (κ3) is 4.61. The molecule has 0 spiro atoms. The lowest BCUT2D eigenvalue weighted by atomic mass is 9.91. The van der Waals surface area contributed by atoms with Crippen molar-refractivity contribution in [2.75, 3.05) is 13.1 Å². The van der Waals surface area contributed by atoms with E-state index in [0.717, 1.165) is 25.1 Å². The van der Waals surface area contributed by atoms with Crippen molar-refractivity contribution in [2.45, 2.75) is 32.7 Å². The van der Waals surface area contributed by atoms with Gasteiger partial charge in [-0.05, 0) is 68.5 Å². The minimum Gasteiger partial charge on any atom is -0.419 e. The van der Waals surface area contributed by atoms with Crippen molar-refractivity contribution in [1.82, 2.24) is 15.1 Å².